The molecule has 0 spiro atoms. The summed E-state index contributed by atoms with van der Waals surface area (Å²) in [6, 6.07) is 7.69. The fourth-order valence-corrected chi connectivity index (χ4v) is 2.50. The summed E-state index contributed by atoms with van der Waals surface area (Å²) in [5.41, 5.74) is 1.37. The number of hydrogen-bond acceptors (Lipinski definition) is 5. The predicted octanol–water partition coefficient (Wildman–Crippen LogP) is 1.24. The van der Waals surface area contributed by atoms with Crippen LogP contribution in [-0.2, 0) is 11.3 Å². The Morgan fingerprint density at radius 3 is 2.96 bits per heavy atom. The number of methoxy groups -OCH3 is 1. The van der Waals surface area contributed by atoms with Crippen molar-refractivity contribution in [1.29, 1.82) is 0 Å². The molecule has 2 aromatic rings. The normalized spacial score (nSPS) is 17.2. The third-order valence-corrected chi connectivity index (χ3v) is 3.79. The molecule has 0 bridgehead atoms. The largest absolute Gasteiger partial charge is 0.497 e. The summed E-state index contributed by atoms with van der Waals surface area (Å²) >= 11 is 0. The molecule has 1 fully saturated rings. The number of aromatic nitrogens is 3. The zero-order chi connectivity index (χ0) is 16.1. The predicted molar refractivity (Wildman–Crippen MR) is 83.4 cm³/mol. The van der Waals surface area contributed by atoms with Gasteiger partial charge in [-0.15, -0.1) is 5.10 Å². The Kier molecular flexibility index (Phi) is 4.87. The number of rotatable bonds is 6. The van der Waals surface area contributed by atoms with Gasteiger partial charge in [0.15, 0.2) is 5.69 Å². The van der Waals surface area contributed by atoms with Gasteiger partial charge in [-0.1, -0.05) is 17.3 Å². The van der Waals surface area contributed by atoms with Gasteiger partial charge in [0.05, 0.1) is 26.0 Å². The molecule has 23 heavy (non-hydrogen) atoms. The highest BCUT2D eigenvalue weighted by Gasteiger charge is 2.18. The quantitative estimate of drug-likeness (QED) is 0.867. The molecule has 3 rings (SSSR count). The van der Waals surface area contributed by atoms with Crippen LogP contribution in [0.15, 0.2) is 30.5 Å². The number of nitrogens with one attached hydrogen (secondary N) is 1. The highest BCUT2D eigenvalue weighted by Crippen LogP contribution is 2.12. The summed E-state index contributed by atoms with van der Waals surface area (Å²) in [6.45, 7) is 1.85. The highest BCUT2D eigenvalue weighted by atomic mass is 16.5. The molecule has 1 aromatic heterocycles. The molecule has 1 aliphatic heterocycles. The topological polar surface area (TPSA) is 78.3 Å². The smallest absolute Gasteiger partial charge is 0.273 e. The van der Waals surface area contributed by atoms with Gasteiger partial charge in [-0.2, -0.15) is 0 Å². The fourth-order valence-electron chi connectivity index (χ4n) is 2.50. The molecular weight excluding hydrogens is 296 g/mol. The van der Waals surface area contributed by atoms with Crippen molar-refractivity contribution in [2.45, 2.75) is 25.5 Å². The molecule has 1 N–H and O–H groups in total. The van der Waals surface area contributed by atoms with Gasteiger partial charge in [-0.05, 0) is 30.5 Å². The summed E-state index contributed by atoms with van der Waals surface area (Å²) in [7, 11) is 1.63. The standard InChI is InChI=1S/C16H20N4O3/c1-22-13-6-4-12(5-7-13)10-20-11-15(18-19-20)16(21)17-9-14-3-2-8-23-14/h4-7,11,14H,2-3,8-10H2,1H3,(H,17,21)/t14-/m0/s1. The maximum Gasteiger partial charge on any atom is 0.273 e. The Labute approximate surface area is 134 Å². The average Bonchev–Trinajstić information content (AvgIpc) is 3.25. The summed E-state index contributed by atoms with van der Waals surface area (Å²) < 4.78 is 12.2. The summed E-state index contributed by atoms with van der Waals surface area (Å²) in [6.07, 6.45) is 3.81. The van der Waals surface area contributed by atoms with Crippen molar-refractivity contribution < 1.29 is 14.3 Å². The summed E-state index contributed by atoms with van der Waals surface area (Å²) in [4.78, 5) is 12.1. The number of carbonyl (C=O) groups is 1. The molecule has 7 heteroatoms. The highest BCUT2D eigenvalue weighted by molar-refractivity contribution is 5.91. The first-order chi connectivity index (χ1) is 11.2. The fraction of sp³-hybridized carbons (Fsp3) is 0.438. The lowest BCUT2D eigenvalue weighted by molar-refractivity contribution is 0.0853. The third-order valence-electron chi connectivity index (χ3n) is 3.79. The van der Waals surface area contributed by atoms with Crippen molar-refractivity contribution >= 4 is 5.91 Å². The van der Waals surface area contributed by atoms with E-state index in [9.17, 15) is 4.79 Å². The first-order valence-corrected chi connectivity index (χ1v) is 7.67. The Balaban J connectivity index is 1.54. The molecule has 1 atom stereocenters. The van der Waals surface area contributed by atoms with Gasteiger partial charge in [0.1, 0.15) is 5.75 Å². The van der Waals surface area contributed by atoms with Gasteiger partial charge in [0.2, 0.25) is 0 Å². The lowest BCUT2D eigenvalue weighted by Gasteiger charge is -2.09. The van der Waals surface area contributed by atoms with Crippen LogP contribution in [0.1, 0.15) is 28.9 Å². The second-order valence-corrected chi connectivity index (χ2v) is 5.49. The van der Waals surface area contributed by atoms with Gasteiger partial charge < -0.3 is 14.8 Å². The van der Waals surface area contributed by atoms with E-state index >= 15 is 0 Å². The molecule has 0 radical (unpaired) electrons. The molecule has 1 saturated heterocycles. The zero-order valence-electron chi connectivity index (χ0n) is 13.1. The van der Waals surface area contributed by atoms with Crippen LogP contribution in [-0.4, -0.2) is 47.3 Å². The van der Waals surface area contributed by atoms with Gasteiger partial charge >= 0.3 is 0 Å². The lowest BCUT2D eigenvalue weighted by atomic mass is 10.2. The van der Waals surface area contributed by atoms with Gasteiger partial charge in [-0.3, -0.25) is 4.79 Å². The second-order valence-electron chi connectivity index (χ2n) is 5.49. The minimum atomic E-state index is -0.221. The average molecular weight is 316 g/mol. The minimum absolute atomic E-state index is 0.119. The van der Waals surface area contributed by atoms with E-state index in [0.717, 1.165) is 30.8 Å². The van der Waals surface area contributed by atoms with Gasteiger partial charge in [0, 0.05) is 13.2 Å². The van der Waals surface area contributed by atoms with E-state index in [-0.39, 0.29) is 12.0 Å². The number of ether oxygens (including phenoxy) is 2. The van der Waals surface area contributed by atoms with E-state index in [0.29, 0.717) is 18.8 Å². The number of amides is 1. The third kappa shape index (κ3) is 4.07. The monoisotopic (exact) mass is 316 g/mol. The number of carbonyl (C=O) groups excluding carboxylic acids is 1. The van der Waals surface area contributed by atoms with Crippen molar-refractivity contribution in [3.05, 3.63) is 41.7 Å². The van der Waals surface area contributed by atoms with E-state index in [1.165, 1.54) is 0 Å². The Morgan fingerprint density at radius 2 is 2.26 bits per heavy atom. The Hall–Kier alpha value is -2.41. The maximum absolute atomic E-state index is 12.1. The first-order valence-electron chi connectivity index (χ1n) is 7.67. The van der Waals surface area contributed by atoms with E-state index in [1.807, 2.05) is 24.3 Å². The van der Waals surface area contributed by atoms with Crippen molar-refractivity contribution in [3.63, 3.8) is 0 Å². The maximum atomic E-state index is 12.1. The molecule has 1 aliphatic rings. The second kappa shape index (κ2) is 7.23. The van der Waals surface area contributed by atoms with E-state index < -0.39 is 0 Å². The minimum Gasteiger partial charge on any atom is -0.497 e. The molecule has 1 amide bonds. The molecule has 0 aliphatic carbocycles. The zero-order valence-corrected chi connectivity index (χ0v) is 13.1. The van der Waals surface area contributed by atoms with Gasteiger partial charge in [-0.25, -0.2) is 4.68 Å². The van der Waals surface area contributed by atoms with Crippen LogP contribution in [0.3, 0.4) is 0 Å². The molecule has 7 nitrogen and oxygen atoms in total. The summed E-state index contributed by atoms with van der Waals surface area (Å²) in [5.74, 6) is 0.586. The van der Waals surface area contributed by atoms with Crippen molar-refractivity contribution in [2.75, 3.05) is 20.3 Å². The number of hydrogen-bond donors (Lipinski definition) is 1. The van der Waals surface area contributed by atoms with Crippen LogP contribution in [0, 0.1) is 0 Å². The summed E-state index contributed by atoms with van der Waals surface area (Å²) in [5, 5.41) is 10.8. The molecule has 0 saturated carbocycles. The van der Waals surface area contributed by atoms with Crippen molar-refractivity contribution in [3.8, 4) is 5.75 Å². The lowest BCUT2D eigenvalue weighted by Crippen LogP contribution is -2.31. The van der Waals surface area contributed by atoms with E-state index in [1.54, 1.807) is 18.0 Å². The van der Waals surface area contributed by atoms with Crippen LogP contribution in [0.5, 0.6) is 5.75 Å². The molecule has 122 valence electrons. The van der Waals surface area contributed by atoms with Crippen LogP contribution >= 0.6 is 0 Å². The van der Waals surface area contributed by atoms with E-state index in [2.05, 4.69) is 15.6 Å². The van der Waals surface area contributed by atoms with Crippen LogP contribution < -0.4 is 10.1 Å². The Morgan fingerprint density at radius 1 is 1.43 bits per heavy atom. The number of benzene rings is 1. The first kappa shape index (κ1) is 15.5. The SMILES string of the molecule is COc1ccc(Cn2cc(C(=O)NC[C@@H]3CCCO3)nn2)cc1. The van der Waals surface area contributed by atoms with Crippen LogP contribution in [0.4, 0.5) is 0 Å². The van der Waals surface area contributed by atoms with Crippen molar-refractivity contribution in [1.82, 2.24) is 20.3 Å². The van der Waals surface area contributed by atoms with Crippen LogP contribution in [0.2, 0.25) is 0 Å². The molecule has 1 aromatic carbocycles. The Bertz CT molecular complexity index is 648. The van der Waals surface area contributed by atoms with Gasteiger partial charge in [0.25, 0.3) is 5.91 Å². The molecule has 2 heterocycles. The molecular formula is C16H20N4O3. The number of nitrogens with zero attached hydrogens (tertiary/aromatic N) is 3. The molecule has 0 unspecified atom stereocenters. The van der Waals surface area contributed by atoms with Crippen LogP contribution in [0.25, 0.3) is 0 Å². The van der Waals surface area contributed by atoms with E-state index in [4.69, 9.17) is 9.47 Å². The van der Waals surface area contributed by atoms with Crippen molar-refractivity contribution in [2.24, 2.45) is 0 Å².